The summed E-state index contributed by atoms with van der Waals surface area (Å²) in [5.74, 6) is -0.220. The summed E-state index contributed by atoms with van der Waals surface area (Å²) in [7, 11) is 0. The average Bonchev–Trinajstić information content (AvgIpc) is 3.18. The molecule has 7 heteroatoms. The molecule has 4 rings (SSSR count). The summed E-state index contributed by atoms with van der Waals surface area (Å²) in [6.45, 7) is 3.97. The lowest BCUT2D eigenvalue weighted by Gasteiger charge is -2.07. The Morgan fingerprint density at radius 2 is 1.88 bits per heavy atom. The minimum absolute atomic E-state index is 0.220. The number of nitrogens with zero attached hydrogens (tertiary/aromatic N) is 5. The van der Waals surface area contributed by atoms with Crippen molar-refractivity contribution in [2.75, 3.05) is 5.32 Å². The van der Waals surface area contributed by atoms with E-state index in [4.69, 9.17) is 0 Å². The third-order valence-corrected chi connectivity index (χ3v) is 3.93. The fraction of sp³-hybridized carbons (Fsp3) is 0.111. The lowest BCUT2D eigenvalue weighted by molar-refractivity contribution is 0.102. The maximum atomic E-state index is 12.5. The minimum Gasteiger partial charge on any atom is -0.322 e. The van der Waals surface area contributed by atoms with Crippen LogP contribution in [0.4, 0.5) is 5.69 Å². The summed E-state index contributed by atoms with van der Waals surface area (Å²) < 4.78 is 3.30. The average molecular weight is 332 g/mol. The molecule has 4 aromatic rings. The van der Waals surface area contributed by atoms with Gasteiger partial charge in [-0.05, 0) is 56.3 Å². The van der Waals surface area contributed by atoms with E-state index in [1.165, 1.54) is 10.8 Å². The number of aryl methyl sites for hydroxylation is 2. The van der Waals surface area contributed by atoms with Gasteiger partial charge in [0.15, 0.2) is 0 Å². The SMILES string of the molecule is Cc1cc(C)n(-c2ccc(NC(=O)c3cnn4ncccc34)cc2)n1. The van der Waals surface area contributed by atoms with Crippen LogP contribution >= 0.6 is 0 Å². The molecular weight excluding hydrogens is 316 g/mol. The zero-order valence-electron chi connectivity index (χ0n) is 13.8. The summed E-state index contributed by atoms with van der Waals surface area (Å²) in [6, 6.07) is 13.2. The Morgan fingerprint density at radius 1 is 1.08 bits per heavy atom. The Hall–Kier alpha value is -3.48. The minimum atomic E-state index is -0.220. The van der Waals surface area contributed by atoms with Gasteiger partial charge in [-0.1, -0.05) is 0 Å². The van der Waals surface area contributed by atoms with E-state index in [0.29, 0.717) is 16.8 Å². The molecule has 0 saturated carbocycles. The zero-order chi connectivity index (χ0) is 17.4. The molecular formula is C18H16N6O. The van der Waals surface area contributed by atoms with Gasteiger partial charge in [0.05, 0.1) is 23.1 Å². The zero-order valence-corrected chi connectivity index (χ0v) is 13.8. The van der Waals surface area contributed by atoms with Crippen LogP contribution in [0.15, 0.2) is 54.9 Å². The molecule has 0 saturated heterocycles. The molecule has 0 radical (unpaired) electrons. The van der Waals surface area contributed by atoms with Gasteiger partial charge in [0.1, 0.15) is 5.52 Å². The second-order valence-electron chi connectivity index (χ2n) is 5.80. The maximum Gasteiger partial charge on any atom is 0.259 e. The highest BCUT2D eigenvalue weighted by Crippen LogP contribution is 2.17. The summed E-state index contributed by atoms with van der Waals surface area (Å²) in [6.07, 6.45) is 3.14. The van der Waals surface area contributed by atoms with Gasteiger partial charge in [-0.2, -0.15) is 19.9 Å². The molecule has 25 heavy (non-hydrogen) atoms. The first-order chi connectivity index (χ1) is 12.1. The van der Waals surface area contributed by atoms with Crippen LogP contribution in [0.3, 0.4) is 0 Å². The summed E-state index contributed by atoms with van der Waals surface area (Å²) in [5, 5.41) is 15.5. The van der Waals surface area contributed by atoms with Crippen molar-refractivity contribution in [3.05, 3.63) is 71.8 Å². The number of hydrogen-bond donors (Lipinski definition) is 1. The number of anilines is 1. The van der Waals surface area contributed by atoms with Gasteiger partial charge in [-0.25, -0.2) is 4.68 Å². The van der Waals surface area contributed by atoms with E-state index in [2.05, 4.69) is 20.6 Å². The monoisotopic (exact) mass is 332 g/mol. The predicted molar refractivity (Wildman–Crippen MR) is 94.0 cm³/mol. The first kappa shape index (κ1) is 15.1. The van der Waals surface area contributed by atoms with Gasteiger partial charge in [0, 0.05) is 17.6 Å². The van der Waals surface area contributed by atoms with E-state index in [-0.39, 0.29) is 5.91 Å². The van der Waals surface area contributed by atoms with Crippen LogP contribution in [0.5, 0.6) is 0 Å². The van der Waals surface area contributed by atoms with Gasteiger partial charge < -0.3 is 5.32 Å². The highest BCUT2D eigenvalue weighted by atomic mass is 16.1. The molecule has 0 atom stereocenters. The van der Waals surface area contributed by atoms with Crippen molar-refractivity contribution in [1.29, 1.82) is 0 Å². The van der Waals surface area contributed by atoms with E-state index in [1.54, 1.807) is 18.3 Å². The standard InChI is InChI=1S/C18H16N6O/c1-12-10-13(2)23(22-12)15-7-5-14(6-8-15)21-18(25)16-11-20-24-17(16)4-3-9-19-24/h3-11H,1-2H3,(H,21,25). The first-order valence-corrected chi connectivity index (χ1v) is 7.86. The fourth-order valence-electron chi connectivity index (χ4n) is 2.78. The van der Waals surface area contributed by atoms with Crippen LogP contribution in [-0.4, -0.2) is 30.5 Å². The molecule has 124 valence electrons. The van der Waals surface area contributed by atoms with Gasteiger partial charge in [0.2, 0.25) is 0 Å². The molecule has 1 N–H and O–H groups in total. The number of fused-ring (bicyclic) bond motifs is 1. The van der Waals surface area contributed by atoms with Crippen molar-refractivity contribution in [2.45, 2.75) is 13.8 Å². The van der Waals surface area contributed by atoms with Crippen molar-refractivity contribution < 1.29 is 4.79 Å². The number of nitrogens with one attached hydrogen (secondary N) is 1. The molecule has 1 aromatic carbocycles. The summed E-state index contributed by atoms with van der Waals surface area (Å²) in [4.78, 5) is 12.5. The normalized spacial score (nSPS) is 11.0. The number of benzene rings is 1. The van der Waals surface area contributed by atoms with Crippen molar-refractivity contribution in [3.8, 4) is 5.69 Å². The van der Waals surface area contributed by atoms with Crippen molar-refractivity contribution in [1.82, 2.24) is 24.6 Å². The van der Waals surface area contributed by atoms with Gasteiger partial charge in [0.25, 0.3) is 5.91 Å². The summed E-state index contributed by atoms with van der Waals surface area (Å²) in [5.41, 5.74) is 4.84. The van der Waals surface area contributed by atoms with E-state index in [1.807, 2.05) is 48.9 Å². The van der Waals surface area contributed by atoms with Crippen molar-refractivity contribution >= 4 is 17.1 Å². The molecule has 0 fully saturated rings. The molecule has 0 unspecified atom stereocenters. The number of aromatic nitrogens is 5. The third-order valence-electron chi connectivity index (χ3n) is 3.93. The Labute approximate surface area is 143 Å². The van der Waals surface area contributed by atoms with Crippen LogP contribution in [0, 0.1) is 13.8 Å². The van der Waals surface area contributed by atoms with Gasteiger partial charge >= 0.3 is 0 Å². The number of amides is 1. The van der Waals surface area contributed by atoms with Crippen LogP contribution in [0.2, 0.25) is 0 Å². The molecule has 0 aliphatic rings. The highest BCUT2D eigenvalue weighted by Gasteiger charge is 2.13. The maximum absolute atomic E-state index is 12.5. The molecule has 0 aliphatic heterocycles. The van der Waals surface area contributed by atoms with Crippen LogP contribution in [-0.2, 0) is 0 Å². The molecule has 7 nitrogen and oxygen atoms in total. The van der Waals surface area contributed by atoms with E-state index < -0.39 is 0 Å². The van der Waals surface area contributed by atoms with E-state index in [9.17, 15) is 4.79 Å². The quantitative estimate of drug-likeness (QED) is 0.626. The molecule has 1 amide bonds. The number of rotatable bonds is 3. The Kier molecular flexibility index (Phi) is 3.53. The topological polar surface area (TPSA) is 77.1 Å². The first-order valence-electron chi connectivity index (χ1n) is 7.86. The Balaban J connectivity index is 1.57. The molecule has 0 aliphatic carbocycles. The number of hydrogen-bond acceptors (Lipinski definition) is 4. The highest BCUT2D eigenvalue weighted by molar-refractivity contribution is 6.08. The Bertz CT molecular complexity index is 1060. The lowest BCUT2D eigenvalue weighted by Crippen LogP contribution is -2.11. The second kappa shape index (κ2) is 5.86. The smallest absolute Gasteiger partial charge is 0.259 e. The van der Waals surface area contributed by atoms with Gasteiger partial charge in [-0.3, -0.25) is 4.79 Å². The van der Waals surface area contributed by atoms with Gasteiger partial charge in [-0.15, -0.1) is 0 Å². The fourth-order valence-corrected chi connectivity index (χ4v) is 2.78. The predicted octanol–water partition coefficient (Wildman–Crippen LogP) is 2.78. The molecule has 0 bridgehead atoms. The molecule has 3 heterocycles. The van der Waals surface area contributed by atoms with Crippen LogP contribution in [0.1, 0.15) is 21.7 Å². The number of carbonyl (C=O) groups excluding carboxylic acids is 1. The second-order valence-corrected chi connectivity index (χ2v) is 5.80. The van der Waals surface area contributed by atoms with Crippen LogP contribution < -0.4 is 5.32 Å². The van der Waals surface area contributed by atoms with Crippen molar-refractivity contribution in [2.24, 2.45) is 0 Å². The van der Waals surface area contributed by atoms with Crippen LogP contribution in [0.25, 0.3) is 11.2 Å². The van der Waals surface area contributed by atoms with E-state index in [0.717, 1.165) is 17.1 Å². The lowest BCUT2D eigenvalue weighted by atomic mass is 10.2. The van der Waals surface area contributed by atoms with Crippen molar-refractivity contribution in [3.63, 3.8) is 0 Å². The molecule has 0 spiro atoms. The van der Waals surface area contributed by atoms with E-state index >= 15 is 0 Å². The largest absolute Gasteiger partial charge is 0.322 e. The third kappa shape index (κ3) is 2.76. The molecule has 3 aromatic heterocycles. The Morgan fingerprint density at radius 3 is 2.60 bits per heavy atom. The summed E-state index contributed by atoms with van der Waals surface area (Å²) >= 11 is 0. The number of carbonyl (C=O) groups is 1.